The third-order valence-corrected chi connectivity index (χ3v) is 4.70. The maximum absolute atomic E-state index is 12.2. The van der Waals surface area contributed by atoms with E-state index in [9.17, 15) is 13.6 Å². The maximum Gasteiger partial charge on any atom is 0.387 e. The van der Waals surface area contributed by atoms with Crippen molar-refractivity contribution in [3.05, 3.63) is 29.1 Å². The molecule has 1 amide bonds. The fourth-order valence-corrected chi connectivity index (χ4v) is 3.24. The molecule has 0 radical (unpaired) electrons. The number of alkyl halides is 2. The largest absolute Gasteiger partial charge is 0.435 e. The van der Waals surface area contributed by atoms with E-state index in [1.165, 1.54) is 36.3 Å². The van der Waals surface area contributed by atoms with Crippen molar-refractivity contribution >= 4 is 22.4 Å². The fourth-order valence-electron chi connectivity index (χ4n) is 2.39. The predicted molar refractivity (Wildman–Crippen MR) is 93.1 cm³/mol. The Balaban J connectivity index is 1.60. The summed E-state index contributed by atoms with van der Waals surface area (Å²) in [4.78, 5) is 17.3. The average Bonchev–Trinajstić information content (AvgIpc) is 3.30. The summed E-state index contributed by atoms with van der Waals surface area (Å²) in [5.41, 5.74) is 1.50. The molecular formula is C17H19F2N3O2S. The number of amides is 1. The highest BCUT2D eigenvalue weighted by Crippen LogP contribution is 2.31. The first-order chi connectivity index (χ1) is 12.0. The zero-order chi connectivity index (χ0) is 17.8. The molecule has 1 saturated carbocycles. The van der Waals surface area contributed by atoms with Crippen LogP contribution in [-0.4, -0.2) is 30.6 Å². The molecule has 0 atom stereocenters. The van der Waals surface area contributed by atoms with Gasteiger partial charge in [0.25, 0.3) is 0 Å². The monoisotopic (exact) mass is 367 g/mol. The van der Waals surface area contributed by atoms with E-state index in [0.717, 1.165) is 28.6 Å². The van der Waals surface area contributed by atoms with Crippen molar-refractivity contribution in [1.29, 1.82) is 0 Å². The molecule has 0 spiro atoms. The van der Waals surface area contributed by atoms with Crippen molar-refractivity contribution in [2.75, 3.05) is 18.4 Å². The minimum absolute atomic E-state index is 0.0990. The van der Waals surface area contributed by atoms with Gasteiger partial charge < -0.3 is 15.4 Å². The number of hydrogen-bond acceptors (Lipinski definition) is 5. The number of anilines is 1. The molecule has 5 nitrogen and oxygen atoms in total. The first-order valence-electron chi connectivity index (χ1n) is 8.04. The highest BCUT2D eigenvalue weighted by molar-refractivity contribution is 7.16. The third kappa shape index (κ3) is 5.20. The number of nitrogens with one attached hydrogen (secondary N) is 2. The number of nitrogens with zero attached hydrogens (tertiary/aromatic N) is 1. The van der Waals surface area contributed by atoms with Gasteiger partial charge in [-0.3, -0.25) is 4.79 Å². The number of carbonyl (C=O) groups is 1. The zero-order valence-electron chi connectivity index (χ0n) is 13.7. The smallest absolute Gasteiger partial charge is 0.387 e. The Hall–Kier alpha value is -2.06. The van der Waals surface area contributed by atoms with E-state index >= 15 is 0 Å². The number of hydrogen-bond donors (Lipinski definition) is 2. The lowest BCUT2D eigenvalue weighted by Crippen LogP contribution is -2.29. The number of carbonyl (C=O) groups excluding carboxylic acids is 1. The highest BCUT2D eigenvalue weighted by atomic mass is 32.1. The minimum atomic E-state index is -2.85. The van der Waals surface area contributed by atoms with Gasteiger partial charge in [-0.2, -0.15) is 8.78 Å². The Kier molecular flexibility index (Phi) is 5.60. The Morgan fingerprint density at radius 3 is 2.72 bits per heavy atom. The Morgan fingerprint density at radius 1 is 1.36 bits per heavy atom. The number of aryl methyl sites for hydroxylation is 1. The Labute approximate surface area is 148 Å². The fraction of sp³-hybridized carbons (Fsp3) is 0.412. The lowest BCUT2D eigenvalue weighted by atomic mass is 10.1. The van der Waals surface area contributed by atoms with Crippen LogP contribution in [0.4, 0.5) is 13.9 Å². The molecule has 1 heterocycles. The number of benzene rings is 1. The van der Waals surface area contributed by atoms with Crippen molar-refractivity contribution in [2.45, 2.75) is 26.4 Å². The molecule has 134 valence electrons. The second kappa shape index (κ2) is 7.88. The number of ether oxygens (including phenoxy) is 1. The zero-order valence-corrected chi connectivity index (χ0v) is 14.5. The molecular weight excluding hydrogens is 348 g/mol. The van der Waals surface area contributed by atoms with Gasteiger partial charge in [0.05, 0.1) is 12.2 Å². The van der Waals surface area contributed by atoms with Crippen molar-refractivity contribution < 1.29 is 18.3 Å². The molecule has 0 aliphatic heterocycles. The van der Waals surface area contributed by atoms with Gasteiger partial charge in [0.15, 0.2) is 5.13 Å². The summed E-state index contributed by atoms with van der Waals surface area (Å²) in [7, 11) is 0. The molecule has 25 heavy (non-hydrogen) atoms. The van der Waals surface area contributed by atoms with Crippen LogP contribution in [0, 0.1) is 12.8 Å². The molecule has 0 bridgehead atoms. The molecule has 1 aromatic heterocycles. The van der Waals surface area contributed by atoms with Crippen LogP contribution in [0.1, 0.15) is 17.7 Å². The van der Waals surface area contributed by atoms with Crippen molar-refractivity contribution in [2.24, 2.45) is 5.92 Å². The Morgan fingerprint density at radius 2 is 2.08 bits per heavy atom. The summed E-state index contributed by atoms with van der Waals surface area (Å²) < 4.78 is 28.7. The van der Waals surface area contributed by atoms with Gasteiger partial charge in [-0.1, -0.05) is 0 Å². The van der Waals surface area contributed by atoms with E-state index < -0.39 is 6.61 Å². The number of rotatable bonds is 8. The minimum Gasteiger partial charge on any atom is -0.435 e. The molecule has 1 aliphatic carbocycles. The van der Waals surface area contributed by atoms with E-state index in [2.05, 4.69) is 20.4 Å². The van der Waals surface area contributed by atoms with Crippen LogP contribution in [0.25, 0.3) is 11.3 Å². The molecule has 0 unspecified atom stereocenters. The summed E-state index contributed by atoms with van der Waals surface area (Å²) in [6.07, 6.45) is 2.48. The summed E-state index contributed by atoms with van der Waals surface area (Å²) >= 11 is 1.38. The van der Waals surface area contributed by atoms with Gasteiger partial charge in [0, 0.05) is 10.4 Å². The van der Waals surface area contributed by atoms with Gasteiger partial charge in [-0.15, -0.1) is 11.3 Å². The molecule has 0 saturated heterocycles. The molecule has 2 aromatic rings. The standard InChI is InChI=1S/C17H19F2N3O2S/c1-10-15(12-4-6-13(7-5-12)24-16(18)19)22-17(25-10)21-14(23)9-20-8-11-2-3-11/h4-7,11,16,20H,2-3,8-9H2,1H3,(H,21,22,23). The molecule has 1 fully saturated rings. The quantitative estimate of drug-likeness (QED) is 0.747. The topological polar surface area (TPSA) is 63.2 Å². The molecule has 8 heteroatoms. The summed E-state index contributed by atoms with van der Waals surface area (Å²) in [5, 5.41) is 6.44. The first-order valence-corrected chi connectivity index (χ1v) is 8.86. The molecule has 1 aromatic carbocycles. The van der Waals surface area contributed by atoms with Crippen LogP contribution < -0.4 is 15.4 Å². The van der Waals surface area contributed by atoms with E-state index in [-0.39, 0.29) is 18.2 Å². The number of thiazole rings is 1. The van der Waals surface area contributed by atoms with Gasteiger partial charge in [0.2, 0.25) is 5.91 Å². The SMILES string of the molecule is Cc1sc(NC(=O)CNCC2CC2)nc1-c1ccc(OC(F)F)cc1. The van der Waals surface area contributed by atoms with Gasteiger partial charge in [-0.25, -0.2) is 4.98 Å². The molecule has 2 N–H and O–H groups in total. The first kappa shape index (κ1) is 17.8. The highest BCUT2D eigenvalue weighted by Gasteiger charge is 2.20. The lowest BCUT2D eigenvalue weighted by molar-refractivity contribution is -0.115. The predicted octanol–water partition coefficient (Wildman–Crippen LogP) is 3.66. The van der Waals surface area contributed by atoms with Crippen molar-refractivity contribution in [3.8, 4) is 17.0 Å². The van der Waals surface area contributed by atoms with Crippen LogP contribution in [0.5, 0.6) is 5.75 Å². The van der Waals surface area contributed by atoms with E-state index in [1.54, 1.807) is 12.1 Å². The van der Waals surface area contributed by atoms with Crippen LogP contribution in [0.15, 0.2) is 24.3 Å². The van der Waals surface area contributed by atoms with Gasteiger partial charge in [-0.05, 0) is 56.5 Å². The van der Waals surface area contributed by atoms with Crippen LogP contribution >= 0.6 is 11.3 Å². The lowest BCUT2D eigenvalue weighted by Gasteiger charge is -2.05. The van der Waals surface area contributed by atoms with Gasteiger partial charge in [0.1, 0.15) is 5.75 Å². The normalized spacial score (nSPS) is 13.9. The van der Waals surface area contributed by atoms with Gasteiger partial charge >= 0.3 is 6.61 Å². The second-order valence-corrected chi connectivity index (χ2v) is 7.15. The molecule has 3 rings (SSSR count). The molecule has 1 aliphatic rings. The Bertz CT molecular complexity index is 730. The van der Waals surface area contributed by atoms with Crippen LogP contribution in [0.2, 0.25) is 0 Å². The van der Waals surface area contributed by atoms with E-state index in [4.69, 9.17) is 0 Å². The van der Waals surface area contributed by atoms with Crippen LogP contribution in [0.3, 0.4) is 0 Å². The summed E-state index contributed by atoms with van der Waals surface area (Å²) in [6, 6.07) is 6.28. The maximum atomic E-state index is 12.2. The van der Waals surface area contributed by atoms with Crippen LogP contribution in [-0.2, 0) is 4.79 Å². The van der Waals surface area contributed by atoms with Crippen molar-refractivity contribution in [3.63, 3.8) is 0 Å². The number of halogens is 2. The van der Waals surface area contributed by atoms with E-state index in [0.29, 0.717) is 5.13 Å². The van der Waals surface area contributed by atoms with Crippen molar-refractivity contribution in [1.82, 2.24) is 10.3 Å². The number of aromatic nitrogens is 1. The second-order valence-electron chi connectivity index (χ2n) is 5.95. The third-order valence-electron chi connectivity index (χ3n) is 3.81. The van der Waals surface area contributed by atoms with E-state index in [1.807, 2.05) is 6.92 Å². The average molecular weight is 367 g/mol. The summed E-state index contributed by atoms with van der Waals surface area (Å²) in [5.74, 6) is 0.696. The summed E-state index contributed by atoms with van der Waals surface area (Å²) in [6.45, 7) is 0.201.